The van der Waals surface area contributed by atoms with Gasteiger partial charge in [0, 0.05) is 49.1 Å². The van der Waals surface area contributed by atoms with Crippen LogP contribution in [-0.4, -0.2) is 54.3 Å². The molecule has 1 unspecified atom stereocenters. The molecule has 1 aromatic heterocycles. The quantitative estimate of drug-likeness (QED) is 0.816. The van der Waals surface area contributed by atoms with E-state index in [1.807, 2.05) is 6.92 Å². The van der Waals surface area contributed by atoms with Crippen LogP contribution in [0.15, 0.2) is 47.4 Å². The van der Waals surface area contributed by atoms with E-state index < -0.39 is 0 Å². The number of likely N-dealkylation sites (tertiary alicyclic amines) is 1. The molecular weight excluding hydrogens is 364 g/mol. The number of hydrogen-bond acceptors (Lipinski definition) is 5. The molecule has 2 saturated heterocycles. The number of benzene rings is 1. The fraction of sp³-hybridized carbons (Fsp3) is 0.478. The third-order valence-corrected chi connectivity index (χ3v) is 6.09. The Morgan fingerprint density at radius 3 is 2.72 bits per heavy atom. The molecular formula is C23H30N4O2. The zero-order valence-corrected chi connectivity index (χ0v) is 17.2. The van der Waals surface area contributed by atoms with Crippen LogP contribution in [0.5, 0.6) is 0 Å². The summed E-state index contributed by atoms with van der Waals surface area (Å²) in [6.07, 6.45) is 2.60. The molecule has 2 fully saturated rings. The van der Waals surface area contributed by atoms with Gasteiger partial charge in [0.15, 0.2) is 0 Å². The average Bonchev–Trinajstić information content (AvgIpc) is 3.24. The molecule has 2 aliphatic rings. The summed E-state index contributed by atoms with van der Waals surface area (Å²) in [6.45, 7) is 11.1. The van der Waals surface area contributed by atoms with Gasteiger partial charge in [0.05, 0.1) is 13.2 Å². The second kappa shape index (κ2) is 8.82. The topological polar surface area (TPSA) is 61.5 Å². The Kier molecular flexibility index (Phi) is 6.00. The van der Waals surface area contributed by atoms with Gasteiger partial charge in [-0.25, -0.2) is 4.98 Å². The Bertz CT molecular complexity index is 903. The van der Waals surface area contributed by atoms with Crippen molar-refractivity contribution in [1.29, 1.82) is 0 Å². The second-order valence-electron chi connectivity index (χ2n) is 7.96. The molecule has 6 heteroatoms. The first-order chi connectivity index (χ1) is 14.1. The van der Waals surface area contributed by atoms with Crippen molar-refractivity contribution in [3.05, 3.63) is 69.8 Å². The number of rotatable bonds is 6. The molecule has 2 aliphatic heterocycles. The van der Waals surface area contributed by atoms with E-state index in [0.717, 1.165) is 56.0 Å². The van der Waals surface area contributed by atoms with Crippen molar-refractivity contribution in [2.24, 2.45) is 0 Å². The predicted molar refractivity (Wildman–Crippen MR) is 115 cm³/mol. The number of hydrogen-bond donors (Lipinski definition) is 1. The highest BCUT2D eigenvalue weighted by Crippen LogP contribution is 2.30. The molecule has 0 amide bonds. The van der Waals surface area contributed by atoms with Crippen molar-refractivity contribution in [3.8, 4) is 0 Å². The minimum absolute atomic E-state index is 0.0321. The molecule has 1 atom stereocenters. The van der Waals surface area contributed by atoms with E-state index >= 15 is 0 Å². The summed E-state index contributed by atoms with van der Waals surface area (Å²) >= 11 is 0. The van der Waals surface area contributed by atoms with Crippen molar-refractivity contribution in [2.45, 2.75) is 32.1 Å². The van der Waals surface area contributed by atoms with Gasteiger partial charge >= 0.3 is 0 Å². The Labute approximate surface area is 172 Å². The van der Waals surface area contributed by atoms with Crippen LogP contribution in [0.4, 0.5) is 5.95 Å². The first-order valence-corrected chi connectivity index (χ1v) is 10.5. The summed E-state index contributed by atoms with van der Waals surface area (Å²) in [5, 5.41) is 0. The van der Waals surface area contributed by atoms with Gasteiger partial charge < -0.3 is 14.5 Å². The zero-order chi connectivity index (χ0) is 20.2. The molecule has 0 aliphatic carbocycles. The van der Waals surface area contributed by atoms with Gasteiger partial charge in [0.25, 0.3) is 5.56 Å². The van der Waals surface area contributed by atoms with Gasteiger partial charge in [-0.1, -0.05) is 36.9 Å². The van der Waals surface area contributed by atoms with Crippen LogP contribution in [-0.2, 0) is 11.2 Å². The first kappa shape index (κ1) is 19.7. The number of nitrogens with zero attached hydrogens (tertiary/aromatic N) is 3. The molecule has 0 bridgehead atoms. The fourth-order valence-electron chi connectivity index (χ4n) is 4.29. The Balaban J connectivity index is 1.36. The molecule has 1 N–H and O–H groups in total. The molecule has 3 heterocycles. The van der Waals surface area contributed by atoms with Crippen LogP contribution in [0, 0.1) is 6.92 Å². The van der Waals surface area contributed by atoms with Gasteiger partial charge in [-0.3, -0.25) is 9.78 Å². The van der Waals surface area contributed by atoms with E-state index in [4.69, 9.17) is 4.74 Å². The molecule has 154 valence electrons. The number of morpholine rings is 1. The largest absolute Gasteiger partial charge is 0.378 e. The number of ether oxygens (including phenoxy) is 1. The number of nitrogens with one attached hydrogen (secondary N) is 1. The fourth-order valence-corrected chi connectivity index (χ4v) is 4.29. The number of aromatic amines is 1. The molecule has 4 rings (SSSR count). The monoisotopic (exact) mass is 394 g/mol. The third-order valence-electron chi connectivity index (χ3n) is 6.09. The zero-order valence-electron chi connectivity index (χ0n) is 17.2. The second-order valence-corrected chi connectivity index (χ2v) is 7.96. The van der Waals surface area contributed by atoms with E-state index in [1.165, 1.54) is 5.56 Å². The average molecular weight is 395 g/mol. The van der Waals surface area contributed by atoms with Crippen LogP contribution >= 0.6 is 0 Å². The van der Waals surface area contributed by atoms with Gasteiger partial charge in [-0.05, 0) is 31.7 Å². The van der Waals surface area contributed by atoms with Crippen LogP contribution < -0.4 is 10.5 Å². The van der Waals surface area contributed by atoms with E-state index in [9.17, 15) is 4.79 Å². The van der Waals surface area contributed by atoms with E-state index in [-0.39, 0.29) is 5.56 Å². The minimum Gasteiger partial charge on any atom is -0.378 e. The number of H-pyrrole nitrogens is 1. The molecule has 6 nitrogen and oxygen atoms in total. The number of aromatic nitrogens is 2. The van der Waals surface area contributed by atoms with Crippen molar-refractivity contribution in [1.82, 2.24) is 14.9 Å². The molecule has 2 aromatic rings. The highest BCUT2D eigenvalue weighted by Gasteiger charge is 2.24. The van der Waals surface area contributed by atoms with Crippen molar-refractivity contribution in [2.75, 3.05) is 44.3 Å². The minimum atomic E-state index is -0.0321. The lowest BCUT2D eigenvalue weighted by Gasteiger charge is -2.27. The van der Waals surface area contributed by atoms with Gasteiger partial charge in [-0.15, -0.1) is 0 Å². The summed E-state index contributed by atoms with van der Waals surface area (Å²) in [4.78, 5) is 24.8. The Morgan fingerprint density at radius 2 is 2.00 bits per heavy atom. The molecule has 0 radical (unpaired) electrons. The summed E-state index contributed by atoms with van der Waals surface area (Å²) < 4.78 is 5.38. The maximum absolute atomic E-state index is 12.7. The maximum Gasteiger partial charge on any atom is 0.255 e. The van der Waals surface area contributed by atoms with E-state index in [2.05, 4.69) is 56.7 Å². The number of allylic oxidation sites excluding steroid dienone is 1. The lowest BCUT2D eigenvalue weighted by molar-refractivity contribution is 0.122. The first-order valence-electron chi connectivity index (χ1n) is 10.5. The Morgan fingerprint density at radius 1 is 1.24 bits per heavy atom. The highest BCUT2D eigenvalue weighted by molar-refractivity contribution is 5.33. The van der Waals surface area contributed by atoms with Crippen LogP contribution in [0.25, 0.3) is 0 Å². The SMILES string of the molecule is C=C(CCc1c(C)nc(N2CCOCC2)[nH]c1=O)N1CCC(c2ccccc2)C1. The van der Waals surface area contributed by atoms with Crippen LogP contribution in [0.1, 0.15) is 35.6 Å². The normalized spacial score (nSPS) is 19.6. The smallest absolute Gasteiger partial charge is 0.255 e. The molecule has 29 heavy (non-hydrogen) atoms. The maximum atomic E-state index is 12.7. The van der Waals surface area contributed by atoms with Crippen molar-refractivity contribution >= 4 is 5.95 Å². The molecule has 0 saturated carbocycles. The van der Waals surface area contributed by atoms with Gasteiger partial charge in [-0.2, -0.15) is 0 Å². The molecule has 1 aromatic carbocycles. The van der Waals surface area contributed by atoms with Crippen LogP contribution in [0.2, 0.25) is 0 Å². The molecule has 0 spiro atoms. The predicted octanol–water partition coefficient (Wildman–Crippen LogP) is 2.85. The van der Waals surface area contributed by atoms with Gasteiger partial charge in [0.1, 0.15) is 0 Å². The highest BCUT2D eigenvalue weighted by atomic mass is 16.5. The van der Waals surface area contributed by atoms with E-state index in [1.54, 1.807) is 0 Å². The summed E-state index contributed by atoms with van der Waals surface area (Å²) in [6, 6.07) is 10.7. The number of anilines is 1. The van der Waals surface area contributed by atoms with Crippen LogP contribution in [0.3, 0.4) is 0 Å². The summed E-state index contributed by atoms with van der Waals surface area (Å²) in [5.74, 6) is 1.22. The van der Waals surface area contributed by atoms with Gasteiger partial charge in [0.2, 0.25) is 5.95 Å². The van der Waals surface area contributed by atoms with Crippen molar-refractivity contribution < 1.29 is 4.74 Å². The standard InChI is InChI=1S/C23H30N4O2/c1-17(27-11-10-20(16-27)19-6-4-3-5-7-19)8-9-21-18(2)24-23(25-22(21)28)26-12-14-29-15-13-26/h3-7,20H,1,8-16H2,2H3,(H,24,25,28). The summed E-state index contributed by atoms with van der Waals surface area (Å²) in [5.41, 5.74) is 4.06. The lowest BCUT2D eigenvalue weighted by Crippen LogP contribution is -2.38. The van der Waals surface area contributed by atoms with E-state index in [0.29, 0.717) is 31.5 Å². The Hall–Kier alpha value is -2.60. The third kappa shape index (κ3) is 4.53. The lowest BCUT2D eigenvalue weighted by atomic mass is 9.99. The summed E-state index contributed by atoms with van der Waals surface area (Å²) in [7, 11) is 0. The number of aryl methyl sites for hydroxylation is 1. The van der Waals surface area contributed by atoms with Crippen molar-refractivity contribution in [3.63, 3.8) is 0 Å².